The summed E-state index contributed by atoms with van der Waals surface area (Å²) in [7, 11) is 0. The van der Waals surface area contributed by atoms with Gasteiger partial charge in [0.25, 0.3) is 0 Å². The van der Waals surface area contributed by atoms with Crippen LogP contribution >= 0.6 is 0 Å². The van der Waals surface area contributed by atoms with Gasteiger partial charge in [-0.2, -0.15) is 0 Å². The van der Waals surface area contributed by atoms with Gasteiger partial charge in [-0.05, 0) is 96.3 Å². The monoisotopic (exact) mass is 995 g/mol. The molecule has 0 aromatic heterocycles. The molecular weight excluding hydrogens is 877 g/mol. The number of hydrogen-bond acceptors (Lipinski definition) is 6. The number of unbranched alkanes of at least 4 members (excludes halogenated alkanes) is 38. The zero-order chi connectivity index (χ0) is 51.4. The van der Waals surface area contributed by atoms with E-state index >= 15 is 0 Å². The molecule has 0 heterocycles. The summed E-state index contributed by atoms with van der Waals surface area (Å²) in [6, 6.07) is 0. The first kappa shape index (κ1) is 68.4. The molecule has 0 aromatic carbocycles. The van der Waals surface area contributed by atoms with Crippen LogP contribution < -0.4 is 0 Å². The highest BCUT2D eigenvalue weighted by Gasteiger charge is 2.19. The molecule has 0 radical (unpaired) electrons. The van der Waals surface area contributed by atoms with E-state index in [4.69, 9.17) is 14.2 Å². The SMILES string of the molecule is CCC/C=C\CCCCCCCC(=O)OCC(COC(=O)CCCCCCCCCCCCCCCCCCC/C=C\C/C=C\CCCCCCC)OC(=O)CCCCCCC/C=C\CCCCCCC. The lowest BCUT2D eigenvalue weighted by molar-refractivity contribution is -0.167. The highest BCUT2D eigenvalue weighted by Crippen LogP contribution is 2.17. The van der Waals surface area contributed by atoms with Crippen LogP contribution in [0, 0.1) is 0 Å². The van der Waals surface area contributed by atoms with E-state index in [0.29, 0.717) is 19.3 Å². The molecule has 0 aliphatic rings. The minimum Gasteiger partial charge on any atom is -0.462 e. The summed E-state index contributed by atoms with van der Waals surface area (Å²) < 4.78 is 16.8. The van der Waals surface area contributed by atoms with Crippen LogP contribution in [-0.2, 0) is 28.6 Å². The van der Waals surface area contributed by atoms with Crippen LogP contribution in [-0.4, -0.2) is 37.2 Å². The first-order valence-corrected chi connectivity index (χ1v) is 31.1. The fourth-order valence-corrected chi connectivity index (χ4v) is 9.06. The Labute approximate surface area is 441 Å². The van der Waals surface area contributed by atoms with Crippen molar-refractivity contribution in [2.24, 2.45) is 0 Å². The molecule has 0 aliphatic carbocycles. The molecule has 414 valence electrons. The minimum absolute atomic E-state index is 0.0763. The van der Waals surface area contributed by atoms with E-state index in [9.17, 15) is 14.4 Å². The van der Waals surface area contributed by atoms with Crippen molar-refractivity contribution in [2.45, 2.75) is 335 Å². The molecule has 0 saturated heterocycles. The molecule has 0 amide bonds. The number of allylic oxidation sites excluding steroid dienone is 8. The molecule has 0 spiro atoms. The second kappa shape index (κ2) is 59.9. The van der Waals surface area contributed by atoms with Crippen molar-refractivity contribution in [3.63, 3.8) is 0 Å². The van der Waals surface area contributed by atoms with Crippen molar-refractivity contribution in [1.82, 2.24) is 0 Å². The Morgan fingerprint density at radius 1 is 0.282 bits per heavy atom. The molecule has 6 heteroatoms. The molecule has 0 fully saturated rings. The molecule has 0 N–H and O–H groups in total. The first-order valence-electron chi connectivity index (χ1n) is 31.1. The van der Waals surface area contributed by atoms with Crippen LogP contribution in [0.3, 0.4) is 0 Å². The zero-order valence-electron chi connectivity index (χ0n) is 47.5. The van der Waals surface area contributed by atoms with Gasteiger partial charge in [-0.1, -0.05) is 262 Å². The Morgan fingerprint density at radius 2 is 0.535 bits per heavy atom. The fourth-order valence-electron chi connectivity index (χ4n) is 9.06. The van der Waals surface area contributed by atoms with Crippen molar-refractivity contribution in [2.75, 3.05) is 13.2 Å². The predicted molar refractivity (Wildman–Crippen MR) is 307 cm³/mol. The van der Waals surface area contributed by atoms with E-state index in [2.05, 4.69) is 69.4 Å². The predicted octanol–water partition coefficient (Wildman–Crippen LogP) is 21.0. The summed E-state index contributed by atoms with van der Waals surface area (Å²) in [6.45, 7) is 6.58. The van der Waals surface area contributed by atoms with Gasteiger partial charge in [0.15, 0.2) is 6.10 Å². The van der Waals surface area contributed by atoms with Gasteiger partial charge >= 0.3 is 17.9 Å². The van der Waals surface area contributed by atoms with Crippen LogP contribution in [0.5, 0.6) is 0 Å². The summed E-state index contributed by atoms with van der Waals surface area (Å²) in [4.78, 5) is 38.1. The third-order valence-corrected chi connectivity index (χ3v) is 13.8. The lowest BCUT2D eigenvalue weighted by Gasteiger charge is -2.18. The number of ether oxygens (including phenoxy) is 3. The lowest BCUT2D eigenvalue weighted by Crippen LogP contribution is -2.30. The van der Waals surface area contributed by atoms with Crippen LogP contribution in [0.2, 0.25) is 0 Å². The molecule has 0 aliphatic heterocycles. The van der Waals surface area contributed by atoms with Gasteiger partial charge in [0.05, 0.1) is 0 Å². The second-order valence-electron chi connectivity index (χ2n) is 21.0. The Morgan fingerprint density at radius 3 is 0.845 bits per heavy atom. The summed E-state index contributed by atoms with van der Waals surface area (Å²) in [6.07, 6.45) is 74.2. The smallest absolute Gasteiger partial charge is 0.306 e. The van der Waals surface area contributed by atoms with Gasteiger partial charge in [0, 0.05) is 19.3 Å². The van der Waals surface area contributed by atoms with Crippen molar-refractivity contribution in [3.8, 4) is 0 Å². The Bertz CT molecular complexity index is 1230. The summed E-state index contributed by atoms with van der Waals surface area (Å²) in [5.41, 5.74) is 0. The van der Waals surface area contributed by atoms with Gasteiger partial charge < -0.3 is 14.2 Å². The van der Waals surface area contributed by atoms with E-state index in [1.165, 1.54) is 205 Å². The minimum atomic E-state index is -0.778. The average Bonchev–Trinajstić information content (AvgIpc) is 3.37. The summed E-state index contributed by atoms with van der Waals surface area (Å²) >= 11 is 0. The number of carbonyl (C=O) groups is 3. The summed E-state index contributed by atoms with van der Waals surface area (Å²) in [5.74, 6) is -0.882. The van der Waals surface area contributed by atoms with Crippen molar-refractivity contribution in [3.05, 3.63) is 48.6 Å². The van der Waals surface area contributed by atoms with Crippen molar-refractivity contribution >= 4 is 17.9 Å². The second-order valence-corrected chi connectivity index (χ2v) is 21.0. The van der Waals surface area contributed by atoms with Gasteiger partial charge in [-0.3, -0.25) is 14.4 Å². The van der Waals surface area contributed by atoms with Gasteiger partial charge in [-0.15, -0.1) is 0 Å². The standard InChI is InChI=1S/C65H118O6/c1-4-7-10-13-16-19-22-24-26-27-28-29-30-31-32-33-34-35-36-37-38-39-40-42-43-46-49-52-55-58-64(67)70-61-62(60-69-63(66)57-54-51-48-45-21-18-15-12-9-6-3)71-65(68)59-56-53-50-47-44-41-25-23-20-17-14-11-8-5-2/h12,15,22-25,27-28,62H,4-11,13-14,16-21,26,29-61H2,1-3H3/b15-12-,24-22-,25-23-,28-27-. The van der Waals surface area contributed by atoms with Crippen molar-refractivity contribution in [1.29, 1.82) is 0 Å². The maximum absolute atomic E-state index is 12.8. The highest BCUT2D eigenvalue weighted by atomic mass is 16.6. The van der Waals surface area contributed by atoms with Crippen LogP contribution in [0.4, 0.5) is 0 Å². The Balaban J connectivity index is 4.11. The first-order chi connectivity index (χ1) is 35.0. The largest absolute Gasteiger partial charge is 0.462 e. The van der Waals surface area contributed by atoms with E-state index in [1.54, 1.807) is 0 Å². The maximum Gasteiger partial charge on any atom is 0.306 e. The number of rotatable bonds is 57. The van der Waals surface area contributed by atoms with Crippen molar-refractivity contribution < 1.29 is 28.6 Å². The molecule has 1 atom stereocenters. The zero-order valence-corrected chi connectivity index (χ0v) is 47.5. The van der Waals surface area contributed by atoms with E-state index in [0.717, 1.165) is 83.5 Å². The number of carbonyl (C=O) groups excluding carboxylic acids is 3. The molecular formula is C65H118O6. The Kier molecular flexibility index (Phi) is 57.7. The highest BCUT2D eigenvalue weighted by molar-refractivity contribution is 5.71. The van der Waals surface area contributed by atoms with Gasteiger partial charge in [0.1, 0.15) is 13.2 Å². The average molecular weight is 996 g/mol. The third kappa shape index (κ3) is 58.1. The molecule has 0 bridgehead atoms. The molecule has 71 heavy (non-hydrogen) atoms. The normalized spacial score (nSPS) is 12.3. The number of hydrogen-bond donors (Lipinski definition) is 0. The summed E-state index contributed by atoms with van der Waals surface area (Å²) in [5, 5.41) is 0. The molecule has 0 rings (SSSR count). The molecule has 6 nitrogen and oxygen atoms in total. The number of esters is 3. The van der Waals surface area contributed by atoms with Gasteiger partial charge in [0.2, 0.25) is 0 Å². The Hall–Kier alpha value is -2.63. The lowest BCUT2D eigenvalue weighted by atomic mass is 10.0. The van der Waals surface area contributed by atoms with Crippen LogP contribution in [0.1, 0.15) is 329 Å². The van der Waals surface area contributed by atoms with Crippen LogP contribution in [0.25, 0.3) is 0 Å². The third-order valence-electron chi connectivity index (χ3n) is 13.8. The fraction of sp³-hybridized carbons (Fsp3) is 0.831. The molecule has 1 unspecified atom stereocenters. The van der Waals surface area contributed by atoms with Gasteiger partial charge in [-0.25, -0.2) is 0 Å². The quantitative estimate of drug-likeness (QED) is 0.0261. The van der Waals surface area contributed by atoms with E-state index < -0.39 is 6.10 Å². The van der Waals surface area contributed by atoms with E-state index in [-0.39, 0.29) is 31.1 Å². The molecule has 0 aromatic rings. The van der Waals surface area contributed by atoms with Crippen LogP contribution in [0.15, 0.2) is 48.6 Å². The topological polar surface area (TPSA) is 78.9 Å². The molecule has 0 saturated carbocycles. The van der Waals surface area contributed by atoms with E-state index in [1.807, 2.05) is 0 Å². The maximum atomic E-state index is 12.8.